The molecule has 26 heavy (non-hydrogen) atoms. The summed E-state index contributed by atoms with van der Waals surface area (Å²) in [5, 5.41) is 3.37. The number of ether oxygens (including phenoxy) is 1. The molecule has 7 heteroatoms. The van der Waals surface area contributed by atoms with E-state index in [1.807, 2.05) is 24.3 Å². The van der Waals surface area contributed by atoms with Crippen molar-refractivity contribution < 1.29 is 13.9 Å². The van der Waals surface area contributed by atoms with Crippen LogP contribution in [0.5, 0.6) is 5.75 Å². The number of amides is 1. The number of hydrogen-bond donors (Lipinski definition) is 1. The van der Waals surface area contributed by atoms with Crippen LogP contribution in [0, 0.1) is 0 Å². The Bertz CT molecular complexity index is 960. The van der Waals surface area contributed by atoms with E-state index in [0.717, 1.165) is 11.1 Å². The van der Waals surface area contributed by atoms with Gasteiger partial charge in [-0.1, -0.05) is 35.9 Å². The summed E-state index contributed by atoms with van der Waals surface area (Å²) in [6.07, 6.45) is 1.33. The zero-order chi connectivity index (χ0) is 18.5. The molecule has 2 aromatic carbocycles. The summed E-state index contributed by atoms with van der Waals surface area (Å²) in [5.41, 5.74) is 2.15. The lowest BCUT2D eigenvalue weighted by molar-refractivity contribution is -0.121. The van der Waals surface area contributed by atoms with Gasteiger partial charge in [0.1, 0.15) is 18.6 Å². The number of rotatable bonds is 6. The van der Waals surface area contributed by atoms with Crippen LogP contribution >= 0.6 is 11.6 Å². The number of carbonyl (C=O) groups excluding carboxylic acids is 1. The first-order chi connectivity index (χ1) is 12.6. The summed E-state index contributed by atoms with van der Waals surface area (Å²) in [4.78, 5) is 24.2. The highest BCUT2D eigenvalue weighted by Gasteiger charge is 2.14. The maximum atomic E-state index is 12.3. The van der Waals surface area contributed by atoms with E-state index in [1.165, 1.54) is 10.8 Å². The van der Waals surface area contributed by atoms with Crippen molar-refractivity contribution in [3.8, 4) is 17.0 Å². The molecule has 6 nitrogen and oxygen atoms in total. The zero-order valence-corrected chi connectivity index (χ0v) is 14.8. The van der Waals surface area contributed by atoms with Crippen molar-refractivity contribution in [2.45, 2.75) is 13.1 Å². The Hall–Kier alpha value is -2.99. The van der Waals surface area contributed by atoms with Crippen LogP contribution in [0.1, 0.15) is 5.56 Å². The van der Waals surface area contributed by atoms with E-state index in [0.29, 0.717) is 23.0 Å². The molecule has 0 unspecified atom stereocenters. The molecule has 3 aromatic rings. The monoisotopic (exact) mass is 372 g/mol. The van der Waals surface area contributed by atoms with Crippen LogP contribution in [0.3, 0.4) is 0 Å². The topological polar surface area (TPSA) is 73.5 Å². The largest absolute Gasteiger partial charge is 0.497 e. The van der Waals surface area contributed by atoms with Crippen molar-refractivity contribution in [2.75, 3.05) is 7.11 Å². The van der Waals surface area contributed by atoms with Crippen LogP contribution in [0.25, 0.3) is 11.3 Å². The number of aromatic nitrogens is 1. The zero-order valence-electron chi connectivity index (χ0n) is 14.1. The smallest absolute Gasteiger partial charge is 0.419 e. The number of methoxy groups -OCH3 is 1. The maximum Gasteiger partial charge on any atom is 0.419 e. The van der Waals surface area contributed by atoms with Crippen molar-refractivity contribution >= 4 is 17.5 Å². The molecule has 0 aliphatic rings. The first kappa shape index (κ1) is 17.8. The van der Waals surface area contributed by atoms with E-state index in [2.05, 4.69) is 5.32 Å². The van der Waals surface area contributed by atoms with E-state index in [9.17, 15) is 9.59 Å². The molecule has 134 valence electrons. The number of oxazole rings is 1. The van der Waals surface area contributed by atoms with Gasteiger partial charge in [-0.3, -0.25) is 9.36 Å². The molecule has 0 aliphatic carbocycles. The number of benzene rings is 2. The standard InChI is InChI=1S/C19H17ClN2O4/c1-25-16-4-2-3-13(9-16)10-21-18(23)11-22-17(12-26-19(22)24)14-5-7-15(20)8-6-14/h2-9,12H,10-11H2,1H3,(H,21,23). The fourth-order valence-corrected chi connectivity index (χ4v) is 2.63. The second kappa shape index (κ2) is 7.93. The van der Waals surface area contributed by atoms with Gasteiger partial charge in [0.2, 0.25) is 5.91 Å². The highest BCUT2D eigenvalue weighted by atomic mass is 35.5. The van der Waals surface area contributed by atoms with Gasteiger partial charge in [0.25, 0.3) is 0 Å². The number of nitrogens with zero attached hydrogens (tertiary/aromatic N) is 1. The molecule has 1 N–H and O–H groups in total. The molecule has 1 heterocycles. The summed E-state index contributed by atoms with van der Waals surface area (Å²) in [6.45, 7) is 0.191. The third kappa shape index (κ3) is 4.15. The summed E-state index contributed by atoms with van der Waals surface area (Å²) in [6, 6.07) is 14.3. The quantitative estimate of drug-likeness (QED) is 0.721. The van der Waals surface area contributed by atoms with Crippen molar-refractivity contribution in [2.24, 2.45) is 0 Å². The molecule has 1 amide bonds. The van der Waals surface area contributed by atoms with Gasteiger partial charge >= 0.3 is 5.76 Å². The first-order valence-electron chi connectivity index (χ1n) is 7.90. The summed E-state index contributed by atoms with van der Waals surface area (Å²) >= 11 is 5.88. The maximum absolute atomic E-state index is 12.3. The van der Waals surface area contributed by atoms with Crippen molar-refractivity contribution in [3.63, 3.8) is 0 Å². The van der Waals surface area contributed by atoms with Crippen molar-refractivity contribution in [1.29, 1.82) is 0 Å². The molecule has 1 aromatic heterocycles. The van der Waals surface area contributed by atoms with Crippen LogP contribution in [0.4, 0.5) is 0 Å². The molecule has 0 spiro atoms. The van der Waals surface area contributed by atoms with Gasteiger partial charge in [0.15, 0.2) is 0 Å². The fourth-order valence-electron chi connectivity index (χ4n) is 2.51. The average molecular weight is 373 g/mol. The van der Waals surface area contributed by atoms with E-state index in [4.69, 9.17) is 20.8 Å². The molecule has 0 saturated heterocycles. The molecule has 0 radical (unpaired) electrons. The van der Waals surface area contributed by atoms with Crippen LogP contribution in [-0.4, -0.2) is 17.6 Å². The Morgan fingerprint density at radius 2 is 2.00 bits per heavy atom. The minimum atomic E-state index is -0.591. The van der Waals surface area contributed by atoms with Gasteiger partial charge in [0.05, 0.1) is 12.8 Å². The van der Waals surface area contributed by atoms with Gasteiger partial charge in [-0.15, -0.1) is 0 Å². The Morgan fingerprint density at radius 3 is 2.73 bits per heavy atom. The highest BCUT2D eigenvalue weighted by molar-refractivity contribution is 6.30. The minimum absolute atomic E-state index is 0.142. The SMILES string of the molecule is COc1cccc(CNC(=O)Cn2c(-c3ccc(Cl)cc3)coc2=O)c1. The number of halogens is 1. The molecular formula is C19H17ClN2O4. The average Bonchev–Trinajstić information content (AvgIpc) is 3.01. The number of nitrogens with one attached hydrogen (secondary N) is 1. The lowest BCUT2D eigenvalue weighted by Crippen LogP contribution is -2.30. The van der Waals surface area contributed by atoms with Gasteiger partial charge in [-0.2, -0.15) is 0 Å². The minimum Gasteiger partial charge on any atom is -0.497 e. The molecule has 0 saturated carbocycles. The Kier molecular flexibility index (Phi) is 5.43. The molecular weight excluding hydrogens is 356 g/mol. The molecule has 3 rings (SSSR count). The van der Waals surface area contributed by atoms with Gasteiger partial charge in [0, 0.05) is 17.1 Å². The predicted octanol–water partition coefficient (Wildman–Crippen LogP) is 3.09. The summed E-state index contributed by atoms with van der Waals surface area (Å²) in [5.74, 6) is -0.175. The van der Waals surface area contributed by atoms with Crippen LogP contribution < -0.4 is 15.8 Å². The van der Waals surface area contributed by atoms with E-state index < -0.39 is 5.76 Å². The Morgan fingerprint density at radius 1 is 1.23 bits per heavy atom. The predicted molar refractivity (Wildman–Crippen MR) is 98.3 cm³/mol. The highest BCUT2D eigenvalue weighted by Crippen LogP contribution is 2.20. The van der Waals surface area contributed by atoms with Crippen molar-refractivity contribution in [3.05, 3.63) is 75.9 Å². The van der Waals surface area contributed by atoms with E-state index >= 15 is 0 Å². The van der Waals surface area contributed by atoms with Crippen LogP contribution in [0.2, 0.25) is 5.02 Å². The molecule has 0 fully saturated rings. The van der Waals surface area contributed by atoms with Gasteiger partial charge in [-0.05, 0) is 29.8 Å². The van der Waals surface area contributed by atoms with Crippen LogP contribution in [0.15, 0.2) is 64.0 Å². The third-order valence-corrected chi connectivity index (χ3v) is 4.10. The molecule has 0 bridgehead atoms. The number of hydrogen-bond acceptors (Lipinski definition) is 4. The summed E-state index contributed by atoms with van der Waals surface area (Å²) < 4.78 is 11.4. The molecule has 0 atom stereocenters. The first-order valence-corrected chi connectivity index (χ1v) is 8.28. The second-order valence-corrected chi connectivity index (χ2v) is 6.04. The van der Waals surface area contributed by atoms with Gasteiger partial charge in [-0.25, -0.2) is 4.79 Å². The van der Waals surface area contributed by atoms with E-state index in [-0.39, 0.29) is 12.5 Å². The lowest BCUT2D eigenvalue weighted by Gasteiger charge is -2.09. The van der Waals surface area contributed by atoms with Crippen molar-refractivity contribution in [1.82, 2.24) is 9.88 Å². The molecule has 0 aliphatic heterocycles. The second-order valence-electron chi connectivity index (χ2n) is 5.61. The fraction of sp³-hybridized carbons (Fsp3) is 0.158. The third-order valence-electron chi connectivity index (χ3n) is 3.85. The normalized spacial score (nSPS) is 10.5. The Labute approximate surface area is 155 Å². The lowest BCUT2D eigenvalue weighted by atomic mass is 10.2. The Balaban J connectivity index is 1.70. The summed E-state index contributed by atoms with van der Waals surface area (Å²) in [7, 11) is 1.58. The van der Waals surface area contributed by atoms with Crippen LogP contribution in [-0.2, 0) is 17.9 Å². The van der Waals surface area contributed by atoms with E-state index in [1.54, 1.807) is 31.4 Å². The number of carbonyl (C=O) groups is 1. The van der Waals surface area contributed by atoms with Gasteiger partial charge < -0.3 is 14.5 Å².